The van der Waals surface area contributed by atoms with Gasteiger partial charge in [0, 0.05) is 23.7 Å². The molecule has 162 valence electrons. The van der Waals surface area contributed by atoms with E-state index in [0.717, 1.165) is 0 Å². The van der Waals surface area contributed by atoms with Gasteiger partial charge in [0.25, 0.3) is 5.69 Å². The van der Waals surface area contributed by atoms with E-state index in [4.69, 9.17) is 11.6 Å². The molecule has 0 aromatic heterocycles. The number of nitrogens with zero attached hydrogens (tertiary/aromatic N) is 2. The highest BCUT2D eigenvalue weighted by Gasteiger charge is 2.30. The summed E-state index contributed by atoms with van der Waals surface area (Å²) in [5, 5.41) is 21.5. The van der Waals surface area contributed by atoms with Crippen molar-refractivity contribution in [2.24, 2.45) is 5.92 Å². The van der Waals surface area contributed by atoms with Gasteiger partial charge in [0.2, 0.25) is 10.0 Å². The zero-order valence-electron chi connectivity index (χ0n) is 16.8. The number of benzene rings is 2. The summed E-state index contributed by atoms with van der Waals surface area (Å²) in [6.45, 7) is 3.50. The van der Waals surface area contributed by atoms with Crippen molar-refractivity contribution in [3.05, 3.63) is 75.3 Å². The van der Waals surface area contributed by atoms with E-state index >= 15 is 0 Å². The summed E-state index contributed by atoms with van der Waals surface area (Å²) in [6.07, 6.45) is 3.54. The van der Waals surface area contributed by atoms with Gasteiger partial charge >= 0.3 is 0 Å². The molecule has 2 aromatic carbocycles. The monoisotopic (exact) mass is 452 g/mol. The van der Waals surface area contributed by atoms with E-state index in [9.17, 15) is 23.6 Å². The van der Waals surface area contributed by atoms with Gasteiger partial charge in [0.15, 0.2) is 0 Å². The van der Waals surface area contributed by atoms with Gasteiger partial charge in [-0.15, -0.1) is 0 Å². The molecule has 0 heterocycles. The average Bonchev–Trinajstić information content (AvgIpc) is 2.70. The fraction of sp³-hybridized carbons (Fsp3) is 0.333. The number of hydrogen-bond donors (Lipinski definition) is 1. The Morgan fingerprint density at radius 3 is 2.37 bits per heavy atom. The number of aliphatic hydroxyl groups is 1. The van der Waals surface area contributed by atoms with Crippen molar-refractivity contribution < 1.29 is 18.4 Å². The minimum absolute atomic E-state index is 0.0467. The van der Waals surface area contributed by atoms with Crippen LogP contribution in [-0.4, -0.2) is 41.9 Å². The zero-order valence-corrected chi connectivity index (χ0v) is 18.4. The highest BCUT2D eigenvalue weighted by atomic mass is 35.5. The second kappa shape index (κ2) is 10.7. The third-order valence-electron chi connectivity index (χ3n) is 4.50. The van der Waals surface area contributed by atoms with Crippen LogP contribution in [0.4, 0.5) is 5.69 Å². The maximum Gasteiger partial charge on any atom is 0.276 e. The van der Waals surface area contributed by atoms with Crippen molar-refractivity contribution in [3.63, 3.8) is 0 Å². The summed E-state index contributed by atoms with van der Waals surface area (Å²) in [5.41, 5.74) is 0.303. The van der Waals surface area contributed by atoms with Gasteiger partial charge in [0.1, 0.15) is 0 Å². The summed E-state index contributed by atoms with van der Waals surface area (Å²) in [6, 6.07) is 11.4. The molecule has 2 rings (SSSR count). The van der Waals surface area contributed by atoms with Crippen molar-refractivity contribution in [2.45, 2.75) is 31.2 Å². The number of hydrogen-bond acceptors (Lipinski definition) is 5. The Morgan fingerprint density at radius 2 is 1.80 bits per heavy atom. The fourth-order valence-corrected chi connectivity index (χ4v) is 4.80. The SMILES string of the molecule is CC(C)C[C@H](CO)N(CC=Cc1ccccc1[N+](=O)[O-])S(=O)(=O)c1ccc(Cl)cc1. The molecule has 0 fully saturated rings. The van der Waals surface area contributed by atoms with Gasteiger partial charge in [-0.05, 0) is 42.7 Å². The first-order chi connectivity index (χ1) is 14.2. The molecule has 1 atom stereocenters. The van der Waals surface area contributed by atoms with E-state index in [1.165, 1.54) is 40.7 Å². The van der Waals surface area contributed by atoms with Crippen molar-refractivity contribution in [1.82, 2.24) is 4.31 Å². The zero-order chi connectivity index (χ0) is 22.3. The topological polar surface area (TPSA) is 101 Å². The number of halogens is 1. The maximum absolute atomic E-state index is 13.3. The highest BCUT2D eigenvalue weighted by Crippen LogP contribution is 2.24. The number of para-hydroxylation sites is 1. The van der Waals surface area contributed by atoms with Gasteiger partial charge in [-0.25, -0.2) is 8.42 Å². The molecule has 7 nitrogen and oxygen atoms in total. The summed E-state index contributed by atoms with van der Waals surface area (Å²) in [4.78, 5) is 10.8. The van der Waals surface area contributed by atoms with E-state index in [1.807, 2.05) is 13.8 Å². The smallest absolute Gasteiger partial charge is 0.276 e. The lowest BCUT2D eigenvalue weighted by molar-refractivity contribution is -0.385. The first-order valence-corrected chi connectivity index (χ1v) is 11.3. The second-order valence-corrected chi connectivity index (χ2v) is 9.54. The molecule has 0 aliphatic carbocycles. The van der Waals surface area contributed by atoms with Crippen LogP contribution in [0.3, 0.4) is 0 Å². The van der Waals surface area contributed by atoms with E-state index in [2.05, 4.69) is 0 Å². The van der Waals surface area contributed by atoms with Crippen molar-refractivity contribution in [1.29, 1.82) is 0 Å². The molecule has 0 amide bonds. The Bertz CT molecular complexity index is 991. The van der Waals surface area contributed by atoms with Crippen molar-refractivity contribution in [2.75, 3.05) is 13.2 Å². The number of nitro groups is 1. The number of aliphatic hydroxyl groups excluding tert-OH is 1. The van der Waals surface area contributed by atoms with Crippen LogP contribution in [0.5, 0.6) is 0 Å². The summed E-state index contributed by atoms with van der Waals surface area (Å²) >= 11 is 5.88. The molecular weight excluding hydrogens is 428 g/mol. The molecule has 0 spiro atoms. The highest BCUT2D eigenvalue weighted by molar-refractivity contribution is 7.89. The van der Waals surface area contributed by atoms with Crippen LogP contribution in [0, 0.1) is 16.0 Å². The van der Waals surface area contributed by atoms with E-state index in [-0.39, 0.29) is 29.7 Å². The van der Waals surface area contributed by atoms with Crippen LogP contribution in [0.1, 0.15) is 25.8 Å². The summed E-state index contributed by atoms with van der Waals surface area (Å²) < 4.78 is 27.8. The molecule has 0 aliphatic rings. The maximum atomic E-state index is 13.3. The van der Waals surface area contributed by atoms with E-state index < -0.39 is 21.0 Å². The Balaban J connectivity index is 2.39. The Kier molecular flexibility index (Phi) is 8.54. The van der Waals surface area contributed by atoms with Crippen LogP contribution in [0.2, 0.25) is 5.02 Å². The molecule has 0 aliphatic heterocycles. The van der Waals surface area contributed by atoms with Gasteiger partial charge in [-0.1, -0.05) is 49.7 Å². The molecule has 9 heteroatoms. The predicted octanol–water partition coefficient (Wildman–Crippen LogP) is 4.36. The lowest BCUT2D eigenvalue weighted by Gasteiger charge is -2.30. The molecule has 30 heavy (non-hydrogen) atoms. The van der Waals surface area contributed by atoms with Crippen LogP contribution in [0.25, 0.3) is 6.08 Å². The van der Waals surface area contributed by atoms with Gasteiger partial charge < -0.3 is 5.11 Å². The lowest BCUT2D eigenvalue weighted by atomic mass is 10.0. The normalized spacial score (nSPS) is 13.3. The molecule has 2 aromatic rings. The minimum Gasteiger partial charge on any atom is -0.395 e. The number of sulfonamides is 1. The molecule has 0 unspecified atom stereocenters. The average molecular weight is 453 g/mol. The van der Waals surface area contributed by atoms with Crippen molar-refractivity contribution in [3.8, 4) is 0 Å². The Morgan fingerprint density at radius 1 is 1.17 bits per heavy atom. The van der Waals surface area contributed by atoms with Crippen molar-refractivity contribution >= 4 is 33.4 Å². The predicted molar refractivity (Wildman–Crippen MR) is 118 cm³/mol. The second-order valence-electron chi connectivity index (χ2n) is 7.21. The molecule has 0 saturated heterocycles. The van der Waals surface area contributed by atoms with E-state index in [1.54, 1.807) is 24.3 Å². The van der Waals surface area contributed by atoms with Crippen LogP contribution in [-0.2, 0) is 10.0 Å². The summed E-state index contributed by atoms with van der Waals surface area (Å²) in [5.74, 6) is 0.157. The first kappa shape index (κ1) is 24.0. The van der Waals surface area contributed by atoms with Crippen LogP contribution >= 0.6 is 11.6 Å². The van der Waals surface area contributed by atoms with Crippen LogP contribution in [0.15, 0.2) is 59.5 Å². The molecule has 1 N–H and O–H groups in total. The molecule has 0 radical (unpaired) electrons. The third kappa shape index (κ3) is 6.12. The first-order valence-electron chi connectivity index (χ1n) is 9.45. The minimum atomic E-state index is -3.93. The van der Waals surface area contributed by atoms with E-state index in [0.29, 0.717) is 17.0 Å². The lowest BCUT2D eigenvalue weighted by Crippen LogP contribution is -2.43. The fourth-order valence-electron chi connectivity index (χ4n) is 3.09. The molecule has 0 saturated carbocycles. The van der Waals surface area contributed by atoms with Gasteiger partial charge in [-0.3, -0.25) is 10.1 Å². The third-order valence-corrected chi connectivity index (χ3v) is 6.68. The molecular formula is C21H25ClN2O5S. The summed E-state index contributed by atoms with van der Waals surface area (Å²) in [7, 11) is -3.93. The Hall–Kier alpha value is -2.26. The Labute approximate surface area is 181 Å². The molecule has 0 bridgehead atoms. The number of nitro benzene ring substituents is 1. The van der Waals surface area contributed by atoms with Crippen LogP contribution < -0.4 is 0 Å². The standard InChI is InChI=1S/C21H25ClN2O5S/c1-16(2)14-19(15-25)23(30(28,29)20-11-9-18(22)10-12-20)13-5-7-17-6-3-4-8-21(17)24(26)27/h3-12,16,19,25H,13-15H2,1-2H3/t19-/m1/s1. The van der Waals surface area contributed by atoms with Gasteiger partial charge in [0.05, 0.1) is 22.0 Å². The number of rotatable bonds is 10. The van der Waals surface area contributed by atoms with Gasteiger partial charge in [-0.2, -0.15) is 4.31 Å². The largest absolute Gasteiger partial charge is 0.395 e. The quantitative estimate of drug-likeness (QED) is 0.426.